The molecule has 0 bridgehead atoms. The Kier molecular flexibility index (Phi) is 7.50. The highest BCUT2D eigenvalue weighted by molar-refractivity contribution is 6.30. The lowest BCUT2D eigenvalue weighted by Gasteiger charge is -2.12. The summed E-state index contributed by atoms with van der Waals surface area (Å²) in [4.78, 5) is 24.1. The number of halogens is 1. The van der Waals surface area contributed by atoms with Gasteiger partial charge in [0, 0.05) is 24.3 Å². The first-order valence-corrected chi connectivity index (χ1v) is 10.0. The van der Waals surface area contributed by atoms with Crippen molar-refractivity contribution in [3.05, 3.63) is 71.0 Å². The summed E-state index contributed by atoms with van der Waals surface area (Å²) in [6, 6.07) is 12.4. The first-order chi connectivity index (χ1) is 15.0. The van der Waals surface area contributed by atoms with Crippen LogP contribution in [0.3, 0.4) is 0 Å². The number of amides is 2. The van der Waals surface area contributed by atoms with Crippen LogP contribution in [0.5, 0.6) is 11.5 Å². The normalized spacial score (nSPS) is 10.4. The number of nitrogens with one attached hydrogen (secondary N) is 2. The molecule has 1 aromatic heterocycles. The zero-order valence-corrected chi connectivity index (χ0v) is 18.0. The molecule has 3 rings (SSSR count). The molecular formula is C22H23ClN4O4. The fourth-order valence-corrected chi connectivity index (χ4v) is 2.92. The molecule has 31 heavy (non-hydrogen) atoms. The molecule has 9 heteroatoms. The number of rotatable bonds is 9. The summed E-state index contributed by atoms with van der Waals surface area (Å²) in [7, 11) is 1.52. The van der Waals surface area contributed by atoms with Gasteiger partial charge < -0.3 is 20.1 Å². The average Bonchev–Trinajstić information content (AvgIpc) is 3.27. The highest BCUT2D eigenvalue weighted by Crippen LogP contribution is 2.28. The van der Waals surface area contributed by atoms with Crippen molar-refractivity contribution < 1.29 is 19.1 Å². The Morgan fingerprint density at radius 3 is 2.58 bits per heavy atom. The van der Waals surface area contributed by atoms with Crippen LogP contribution >= 0.6 is 11.6 Å². The summed E-state index contributed by atoms with van der Waals surface area (Å²) in [6.45, 7) is 2.57. The molecule has 0 radical (unpaired) electrons. The van der Waals surface area contributed by atoms with Gasteiger partial charge in [0.15, 0.2) is 18.1 Å². The Morgan fingerprint density at radius 2 is 1.87 bits per heavy atom. The van der Waals surface area contributed by atoms with Crippen molar-refractivity contribution in [2.75, 3.05) is 20.3 Å². The molecule has 162 valence electrons. The van der Waals surface area contributed by atoms with Gasteiger partial charge in [0.25, 0.3) is 11.8 Å². The summed E-state index contributed by atoms with van der Waals surface area (Å²) < 4.78 is 12.4. The van der Waals surface area contributed by atoms with E-state index in [-0.39, 0.29) is 25.0 Å². The Bertz CT molecular complexity index is 1050. The van der Waals surface area contributed by atoms with Gasteiger partial charge in [-0.2, -0.15) is 5.10 Å². The fourth-order valence-electron chi connectivity index (χ4n) is 2.79. The van der Waals surface area contributed by atoms with E-state index in [1.54, 1.807) is 41.2 Å². The van der Waals surface area contributed by atoms with Gasteiger partial charge in [-0.3, -0.25) is 9.59 Å². The van der Waals surface area contributed by atoms with Gasteiger partial charge in [-0.05, 0) is 48.9 Å². The third kappa shape index (κ3) is 5.99. The minimum atomic E-state index is -0.254. The summed E-state index contributed by atoms with van der Waals surface area (Å²) in [5.74, 6) is 0.468. The molecule has 0 aliphatic carbocycles. The Balaban J connectivity index is 1.60. The quantitative estimate of drug-likeness (QED) is 0.531. The number of carbonyl (C=O) groups is 2. The van der Waals surface area contributed by atoms with Gasteiger partial charge in [0.2, 0.25) is 0 Å². The average molecular weight is 443 g/mol. The zero-order chi connectivity index (χ0) is 22.2. The predicted octanol–water partition coefficient (Wildman–Crippen LogP) is 2.98. The van der Waals surface area contributed by atoms with Crippen molar-refractivity contribution in [2.24, 2.45) is 0 Å². The van der Waals surface area contributed by atoms with Gasteiger partial charge in [-0.15, -0.1) is 0 Å². The van der Waals surface area contributed by atoms with Gasteiger partial charge in [0.1, 0.15) is 0 Å². The fraction of sp³-hybridized carbons (Fsp3) is 0.227. The number of hydrogen-bond acceptors (Lipinski definition) is 5. The maximum Gasteiger partial charge on any atom is 0.257 e. The second-order valence-electron chi connectivity index (χ2n) is 6.56. The molecule has 0 saturated heterocycles. The Hall–Kier alpha value is -3.52. The molecule has 2 amide bonds. The van der Waals surface area contributed by atoms with Crippen molar-refractivity contribution >= 4 is 23.4 Å². The number of hydrogen-bond donors (Lipinski definition) is 2. The number of ether oxygens (including phenoxy) is 2. The van der Waals surface area contributed by atoms with Gasteiger partial charge in [-0.25, -0.2) is 4.68 Å². The molecule has 0 atom stereocenters. The summed E-state index contributed by atoms with van der Waals surface area (Å²) in [6.07, 6.45) is 3.15. The molecule has 0 aliphatic heterocycles. The number of nitrogens with zero attached hydrogens (tertiary/aromatic N) is 2. The van der Waals surface area contributed by atoms with Crippen molar-refractivity contribution in [3.63, 3.8) is 0 Å². The van der Waals surface area contributed by atoms with E-state index in [1.165, 1.54) is 13.3 Å². The van der Waals surface area contributed by atoms with Crippen molar-refractivity contribution in [1.82, 2.24) is 20.4 Å². The van der Waals surface area contributed by atoms with Gasteiger partial charge in [0.05, 0.1) is 24.6 Å². The van der Waals surface area contributed by atoms with Gasteiger partial charge in [-0.1, -0.05) is 17.7 Å². The molecular weight excluding hydrogens is 420 g/mol. The highest BCUT2D eigenvalue weighted by Gasteiger charge is 2.12. The van der Waals surface area contributed by atoms with Crippen LogP contribution in [0.15, 0.2) is 54.9 Å². The topological polar surface area (TPSA) is 94.5 Å². The van der Waals surface area contributed by atoms with Crippen LogP contribution in [0.2, 0.25) is 5.02 Å². The standard InChI is InChI=1S/C22H23ClN4O4/c1-3-24-21(28)14-31-19-9-4-15(10-20(19)30-2)11-25-22(29)16-12-26-27(13-16)18-7-5-17(23)6-8-18/h4-10,12-13H,3,11,14H2,1-2H3,(H,24,28)(H,25,29). The van der Waals surface area contributed by atoms with E-state index in [9.17, 15) is 9.59 Å². The summed E-state index contributed by atoms with van der Waals surface area (Å²) in [5.41, 5.74) is 2.06. The van der Waals surface area contributed by atoms with E-state index in [1.807, 2.05) is 19.1 Å². The van der Waals surface area contributed by atoms with E-state index >= 15 is 0 Å². The van der Waals surface area contributed by atoms with Crippen molar-refractivity contribution in [2.45, 2.75) is 13.5 Å². The maximum absolute atomic E-state index is 12.5. The smallest absolute Gasteiger partial charge is 0.257 e. The Morgan fingerprint density at radius 1 is 1.10 bits per heavy atom. The molecule has 2 aromatic carbocycles. The third-order valence-electron chi connectivity index (χ3n) is 4.35. The summed E-state index contributed by atoms with van der Waals surface area (Å²) >= 11 is 5.90. The minimum absolute atomic E-state index is 0.0993. The van der Waals surface area contributed by atoms with E-state index in [4.69, 9.17) is 21.1 Å². The van der Waals surface area contributed by atoms with Crippen LogP contribution in [-0.4, -0.2) is 41.9 Å². The number of benzene rings is 2. The molecule has 0 fully saturated rings. The molecule has 0 saturated carbocycles. The molecule has 2 N–H and O–H groups in total. The van der Waals surface area contributed by atoms with Crippen LogP contribution < -0.4 is 20.1 Å². The van der Waals surface area contributed by atoms with Gasteiger partial charge >= 0.3 is 0 Å². The lowest BCUT2D eigenvalue weighted by molar-refractivity contribution is -0.123. The first-order valence-electron chi connectivity index (χ1n) is 9.65. The lowest BCUT2D eigenvalue weighted by Crippen LogP contribution is -2.28. The van der Waals surface area contributed by atoms with Crippen LogP contribution in [0.1, 0.15) is 22.8 Å². The molecule has 8 nitrogen and oxygen atoms in total. The maximum atomic E-state index is 12.5. The molecule has 3 aromatic rings. The van der Waals surface area contributed by atoms with Crippen LogP contribution in [0, 0.1) is 0 Å². The number of methoxy groups -OCH3 is 1. The second kappa shape index (κ2) is 10.5. The van der Waals surface area contributed by atoms with E-state index in [0.29, 0.717) is 28.6 Å². The molecule has 1 heterocycles. The van der Waals surface area contributed by atoms with E-state index in [0.717, 1.165) is 11.3 Å². The Labute approximate surface area is 185 Å². The first kappa shape index (κ1) is 22.2. The van der Waals surface area contributed by atoms with Crippen molar-refractivity contribution in [1.29, 1.82) is 0 Å². The lowest BCUT2D eigenvalue weighted by atomic mass is 10.2. The largest absolute Gasteiger partial charge is 0.493 e. The molecule has 0 spiro atoms. The van der Waals surface area contributed by atoms with E-state index in [2.05, 4.69) is 15.7 Å². The number of likely N-dealkylation sites (N-methyl/N-ethyl adjacent to an activating group) is 1. The highest BCUT2D eigenvalue weighted by atomic mass is 35.5. The van der Waals surface area contributed by atoms with Crippen LogP contribution in [0.25, 0.3) is 5.69 Å². The molecule has 0 aliphatic rings. The molecule has 0 unspecified atom stereocenters. The van der Waals surface area contributed by atoms with Crippen LogP contribution in [0.4, 0.5) is 0 Å². The van der Waals surface area contributed by atoms with Crippen molar-refractivity contribution in [3.8, 4) is 17.2 Å². The number of aromatic nitrogens is 2. The SMILES string of the molecule is CCNC(=O)COc1ccc(CNC(=O)c2cnn(-c3ccc(Cl)cc3)c2)cc1OC. The second-order valence-corrected chi connectivity index (χ2v) is 7.00. The van der Waals surface area contributed by atoms with Crippen LogP contribution in [-0.2, 0) is 11.3 Å². The third-order valence-corrected chi connectivity index (χ3v) is 4.60. The minimum Gasteiger partial charge on any atom is -0.493 e. The van der Waals surface area contributed by atoms with E-state index < -0.39 is 0 Å². The number of carbonyl (C=O) groups excluding carboxylic acids is 2. The monoisotopic (exact) mass is 442 g/mol. The summed E-state index contributed by atoms with van der Waals surface area (Å²) in [5, 5.41) is 10.4. The predicted molar refractivity (Wildman–Crippen MR) is 117 cm³/mol. The zero-order valence-electron chi connectivity index (χ0n) is 17.2.